The Balaban J connectivity index is 4.31. The predicted molar refractivity (Wildman–Crippen MR) is 177 cm³/mol. The maximum absolute atomic E-state index is 14.8. The molecule has 2 atom stereocenters. The van der Waals surface area contributed by atoms with Gasteiger partial charge in [0.1, 0.15) is 12.2 Å². The summed E-state index contributed by atoms with van der Waals surface area (Å²) in [7, 11) is 0. The third-order valence-electron chi connectivity index (χ3n) is 10.2. The highest BCUT2D eigenvalue weighted by Crippen LogP contribution is 2.64. The van der Waals surface area contributed by atoms with Crippen molar-refractivity contribution in [2.75, 3.05) is 13.2 Å². The molecule has 0 aliphatic carbocycles. The van der Waals surface area contributed by atoms with Gasteiger partial charge in [-0.1, -0.05) is 37.4 Å². The molecule has 1 aromatic carbocycles. The second-order valence-electron chi connectivity index (χ2n) is 15.8. The van der Waals surface area contributed by atoms with Crippen LogP contribution in [0.1, 0.15) is 24.0 Å². The van der Waals surface area contributed by atoms with Gasteiger partial charge in [-0.3, -0.25) is 0 Å². The minimum Gasteiger partial charge on any atom is -0.454 e. The van der Waals surface area contributed by atoms with Crippen LogP contribution in [0.3, 0.4) is 0 Å². The summed E-state index contributed by atoms with van der Waals surface area (Å²) < 4.78 is 571. The Kier molecular flexibility index (Phi) is 20.1. The second kappa shape index (κ2) is 22.0. The first-order valence-electron chi connectivity index (χ1n) is 19.2. The number of alkyl halides is 38. The quantitative estimate of drug-likeness (QED) is 0.0584. The maximum atomic E-state index is 14.8. The molecule has 0 aliphatic rings. The summed E-state index contributed by atoms with van der Waals surface area (Å²) in [4.78, 5) is 23.3. The van der Waals surface area contributed by atoms with Crippen LogP contribution in [0.5, 0.6) is 0 Å². The van der Waals surface area contributed by atoms with E-state index in [9.17, 15) is 185 Å². The molecule has 2 unspecified atom stereocenters. The van der Waals surface area contributed by atoms with Crippen LogP contribution < -0.4 is 0 Å². The zero-order chi connectivity index (χ0) is 66.1. The lowest BCUT2D eigenvalue weighted by molar-refractivity contribution is -0.441. The van der Waals surface area contributed by atoms with E-state index in [1.165, 1.54) is 0 Å². The summed E-state index contributed by atoms with van der Waals surface area (Å²) in [5.74, 6) is -97.1. The molecule has 0 aromatic heterocycles. The summed E-state index contributed by atoms with van der Waals surface area (Å²) in [6, 6.07) is -5.72. The summed E-state index contributed by atoms with van der Waals surface area (Å²) in [6.45, 7) is -3.54. The van der Waals surface area contributed by atoms with E-state index < -0.39 is 205 Å². The molecule has 0 spiro atoms. The van der Waals surface area contributed by atoms with Crippen molar-refractivity contribution < 1.29 is 204 Å². The predicted octanol–water partition coefficient (Wildman–Crippen LogP) is 15.4. The van der Waals surface area contributed by atoms with Gasteiger partial charge in [-0.2, -0.15) is 176 Å². The van der Waals surface area contributed by atoms with Crippen LogP contribution in [0.25, 0.3) is 0 Å². The zero-order valence-electron chi connectivity index (χ0n) is 37.3. The Labute approximate surface area is 422 Å². The van der Waals surface area contributed by atoms with Crippen molar-refractivity contribution in [2.24, 2.45) is 0 Å². The first-order valence-corrected chi connectivity index (χ1v) is 19.2. The number of hydrogen-bond acceptors (Lipinski definition) is 6. The van der Waals surface area contributed by atoms with Gasteiger partial charge in [0, 0.05) is 11.1 Å². The number of halogens is 40. The molecule has 478 valence electrons. The fraction of sp³-hybridized carbons (Fsp3) is 0.667. The normalized spacial score (nSPS) is 16.2. The third-order valence-corrected chi connectivity index (χ3v) is 10.2. The van der Waals surface area contributed by atoms with Crippen LogP contribution in [-0.4, -0.2) is 134 Å². The number of rotatable bonds is 24. The smallest absolute Gasteiger partial charge is 0.454 e. The minimum absolute atomic E-state index is 1.43. The highest BCUT2D eigenvalue weighted by Gasteiger charge is 2.92. The van der Waals surface area contributed by atoms with Crippen LogP contribution in [-0.2, 0) is 39.7 Å². The fourth-order valence-corrected chi connectivity index (χ4v) is 5.98. The topological polar surface area (TPSA) is 71.1 Å². The summed E-state index contributed by atoms with van der Waals surface area (Å²) in [5, 5.41) is 0. The lowest BCUT2D eigenvalue weighted by Gasteiger charge is -2.41. The van der Waals surface area contributed by atoms with Gasteiger partial charge < -0.3 is 18.9 Å². The largest absolute Gasteiger partial charge is 0.460 e. The molecule has 0 N–H and O–H groups in total. The number of carbonyl (C=O) groups excluding carboxylic acids is 2. The van der Waals surface area contributed by atoms with E-state index in [1.54, 1.807) is 0 Å². The van der Waals surface area contributed by atoms with E-state index in [4.69, 9.17) is 0 Å². The van der Waals surface area contributed by atoms with Gasteiger partial charge in [0.05, 0.1) is 26.1 Å². The molecule has 0 heterocycles. The lowest BCUT2D eigenvalue weighted by Crippen LogP contribution is -2.70. The molecule has 82 heavy (non-hydrogen) atoms. The van der Waals surface area contributed by atoms with Gasteiger partial charge in [0.2, 0.25) is 11.7 Å². The molecule has 46 heteroatoms. The number of ether oxygens (including phenoxy) is 4. The molecule has 6 nitrogen and oxygen atoms in total. The molecular weight excluding hydrogens is 1290 g/mol. The van der Waals surface area contributed by atoms with Gasteiger partial charge in [0.25, 0.3) is 11.2 Å². The van der Waals surface area contributed by atoms with Crippen molar-refractivity contribution >= 4 is 11.9 Å². The van der Waals surface area contributed by atoms with Crippen molar-refractivity contribution in [3.05, 3.63) is 60.2 Å². The Bertz CT molecular complexity index is 2240. The molecular formula is C36H18F40O6. The molecule has 0 amide bonds. The van der Waals surface area contributed by atoms with E-state index >= 15 is 0 Å². The van der Waals surface area contributed by atoms with Gasteiger partial charge in [-0.25, -0.2) is 9.59 Å². The summed E-state index contributed by atoms with van der Waals surface area (Å²) in [6.07, 6.45) is -64.7. The van der Waals surface area contributed by atoms with Crippen molar-refractivity contribution in [3.8, 4) is 0 Å². The molecule has 1 rings (SSSR count). The average molecular weight is 1310 g/mol. The third kappa shape index (κ3) is 12.4. The van der Waals surface area contributed by atoms with Crippen molar-refractivity contribution in [1.82, 2.24) is 0 Å². The lowest BCUT2D eigenvalue weighted by atomic mass is 9.86. The maximum Gasteiger partial charge on any atom is 0.460 e. The molecule has 0 saturated carbocycles. The SMILES string of the molecule is C=C(F)C(=O)OC(COC(c1ccc(C(OCC(CC(F)(F)C(F)(F)C(F)(F)C(F)(F)C(F)(F)C(F)(F)F)OC(=O)C(=C)F)(C(F)(F)F)C(F)(F)F)cc1)(C(F)(F)F)C(F)(F)F)CC(F)(F)C(F)(F)C(F)(F)C(F)(F)C(F)(F)C(F)(F)F. The zero-order valence-corrected chi connectivity index (χ0v) is 37.3. The van der Waals surface area contributed by atoms with E-state index in [0.29, 0.717) is 0 Å². The monoisotopic (exact) mass is 1310 g/mol. The highest BCUT2D eigenvalue weighted by molar-refractivity contribution is 5.85. The number of hydrogen-bond donors (Lipinski definition) is 0. The highest BCUT2D eigenvalue weighted by atomic mass is 19.5. The van der Waals surface area contributed by atoms with Gasteiger partial charge in [-0.05, 0) is 0 Å². The van der Waals surface area contributed by atoms with Crippen LogP contribution in [0.4, 0.5) is 176 Å². The van der Waals surface area contributed by atoms with Crippen molar-refractivity contribution in [1.29, 1.82) is 0 Å². The number of carbonyl (C=O) groups is 2. The Hall–Kier alpha value is -5.24. The Morgan fingerprint density at radius 2 is 0.524 bits per heavy atom. The van der Waals surface area contributed by atoms with Crippen LogP contribution in [0.15, 0.2) is 49.1 Å². The number of esters is 2. The Morgan fingerprint density at radius 3 is 0.695 bits per heavy atom. The van der Waals surface area contributed by atoms with Gasteiger partial charge >= 0.3 is 108 Å². The number of benzene rings is 1. The van der Waals surface area contributed by atoms with E-state index in [-0.39, 0.29) is 0 Å². The van der Waals surface area contributed by atoms with Gasteiger partial charge in [0.15, 0.2) is 0 Å². The van der Waals surface area contributed by atoms with E-state index in [0.717, 1.165) is 0 Å². The Morgan fingerprint density at radius 1 is 0.329 bits per heavy atom. The van der Waals surface area contributed by atoms with E-state index in [2.05, 4.69) is 18.9 Å². The van der Waals surface area contributed by atoms with Crippen LogP contribution >= 0.6 is 0 Å². The first kappa shape index (κ1) is 74.8. The van der Waals surface area contributed by atoms with Crippen LogP contribution in [0.2, 0.25) is 0 Å². The molecule has 1 aromatic rings. The standard InChI is InChI=1S/C36H18F40O6/c1-11(37)17(77)81-15(7-19(39,40)23(43,44)25(47,48)27(51,52)29(55,56)35(71,72)73)9-79-21(31(59,60)61,32(62,63)64)13-3-5-14(6-4-13)22(33(65,66)67,34(68,69)70)80-10-16(82-18(78)12(2)38)8-20(41,42)24(45,46)26(49,50)28(53,54)30(57,58)36(74,75)76/h3-6,15-16H,1-2,7-10H2. The minimum atomic E-state index is -8.84. The van der Waals surface area contributed by atoms with Crippen molar-refractivity contribution in [3.63, 3.8) is 0 Å². The molecule has 0 fully saturated rings. The van der Waals surface area contributed by atoms with E-state index in [1.807, 2.05) is 13.2 Å². The van der Waals surface area contributed by atoms with Crippen LogP contribution in [0, 0.1) is 0 Å². The van der Waals surface area contributed by atoms with Gasteiger partial charge in [-0.15, -0.1) is 0 Å². The fourth-order valence-electron chi connectivity index (χ4n) is 5.98. The molecule has 0 bridgehead atoms. The van der Waals surface area contributed by atoms with Crippen molar-refractivity contribution in [2.45, 2.75) is 133 Å². The molecule has 0 aliphatic heterocycles. The second-order valence-corrected chi connectivity index (χ2v) is 15.8. The first-order chi connectivity index (χ1) is 35.5. The summed E-state index contributed by atoms with van der Waals surface area (Å²) >= 11 is 0. The average Bonchev–Trinajstić information content (AvgIpc) is 3.23. The molecule has 0 saturated heterocycles. The molecule has 0 radical (unpaired) electrons. The summed E-state index contributed by atoms with van der Waals surface area (Å²) in [5.41, 5.74) is -20.2.